The zero-order chi connectivity index (χ0) is 15.0. The lowest BCUT2D eigenvalue weighted by molar-refractivity contribution is -0.217. The van der Waals surface area contributed by atoms with Gasteiger partial charge >= 0.3 is 12.1 Å². The number of nitrogens with one attached hydrogen (secondary N) is 1. The van der Waals surface area contributed by atoms with Crippen molar-refractivity contribution in [2.24, 2.45) is 5.41 Å². The van der Waals surface area contributed by atoms with Crippen LogP contribution in [0.15, 0.2) is 23.8 Å². The van der Waals surface area contributed by atoms with E-state index in [1.54, 1.807) is 4.90 Å². The summed E-state index contributed by atoms with van der Waals surface area (Å²) >= 11 is 0. The van der Waals surface area contributed by atoms with Crippen molar-refractivity contribution >= 4 is 5.97 Å². The van der Waals surface area contributed by atoms with Crippen molar-refractivity contribution in [2.45, 2.75) is 19.1 Å². The first kappa shape index (κ1) is 15.1. The molecule has 0 aromatic heterocycles. The largest absolute Gasteiger partial charge is 0.478 e. The average Bonchev–Trinajstić information content (AvgIpc) is 2.38. The van der Waals surface area contributed by atoms with Gasteiger partial charge in [0, 0.05) is 26.2 Å². The van der Waals surface area contributed by atoms with Gasteiger partial charge in [0.15, 0.2) is 0 Å². The SMILES string of the molecule is CC1(C(F)(F)F)C=CC=C(C(=O)O)C1N1CCNCC1. The fraction of sp³-hybridized carbons (Fsp3) is 0.615. The molecule has 4 nitrogen and oxygen atoms in total. The van der Waals surface area contributed by atoms with Gasteiger partial charge in [0.1, 0.15) is 5.41 Å². The molecule has 112 valence electrons. The summed E-state index contributed by atoms with van der Waals surface area (Å²) in [6.07, 6.45) is -0.988. The number of carbonyl (C=O) groups is 1. The Morgan fingerprint density at radius 3 is 2.55 bits per heavy atom. The van der Waals surface area contributed by atoms with Crippen molar-refractivity contribution in [3.05, 3.63) is 23.8 Å². The van der Waals surface area contributed by atoms with Crippen LogP contribution in [-0.2, 0) is 4.79 Å². The van der Waals surface area contributed by atoms with Crippen LogP contribution in [0.3, 0.4) is 0 Å². The van der Waals surface area contributed by atoms with Gasteiger partial charge in [-0.05, 0) is 6.92 Å². The number of alkyl halides is 3. The van der Waals surface area contributed by atoms with Crippen LogP contribution < -0.4 is 5.32 Å². The summed E-state index contributed by atoms with van der Waals surface area (Å²) in [5.74, 6) is -1.30. The van der Waals surface area contributed by atoms with Crippen LogP contribution in [0, 0.1) is 5.41 Å². The Morgan fingerprint density at radius 1 is 1.45 bits per heavy atom. The molecule has 7 heteroatoms. The molecule has 1 fully saturated rings. The number of nitrogens with zero attached hydrogens (tertiary/aromatic N) is 1. The molecule has 1 heterocycles. The lowest BCUT2D eigenvalue weighted by Crippen LogP contribution is -2.59. The highest BCUT2D eigenvalue weighted by Gasteiger charge is 2.58. The molecule has 0 aromatic rings. The summed E-state index contributed by atoms with van der Waals surface area (Å²) in [5.41, 5.74) is -2.39. The van der Waals surface area contributed by atoms with E-state index in [1.165, 1.54) is 12.2 Å². The Bertz CT molecular complexity index is 453. The monoisotopic (exact) mass is 290 g/mol. The van der Waals surface area contributed by atoms with Crippen LogP contribution >= 0.6 is 0 Å². The fourth-order valence-corrected chi connectivity index (χ4v) is 2.81. The predicted octanol–water partition coefficient (Wildman–Crippen LogP) is 1.41. The summed E-state index contributed by atoms with van der Waals surface area (Å²) in [5, 5.41) is 12.3. The quantitative estimate of drug-likeness (QED) is 0.807. The third-order valence-electron chi connectivity index (χ3n) is 3.96. The number of hydrogen-bond acceptors (Lipinski definition) is 3. The second kappa shape index (κ2) is 5.21. The van der Waals surface area contributed by atoms with E-state index in [0.717, 1.165) is 13.0 Å². The van der Waals surface area contributed by atoms with Crippen LogP contribution in [0.25, 0.3) is 0 Å². The second-order valence-electron chi connectivity index (χ2n) is 5.26. The van der Waals surface area contributed by atoms with Gasteiger partial charge in [-0.2, -0.15) is 13.2 Å². The van der Waals surface area contributed by atoms with E-state index in [4.69, 9.17) is 0 Å². The van der Waals surface area contributed by atoms with E-state index in [0.29, 0.717) is 26.2 Å². The van der Waals surface area contributed by atoms with Crippen molar-refractivity contribution in [3.8, 4) is 0 Å². The predicted molar refractivity (Wildman–Crippen MR) is 67.3 cm³/mol. The number of halogens is 3. The Hall–Kier alpha value is -1.34. The minimum Gasteiger partial charge on any atom is -0.478 e. The van der Waals surface area contributed by atoms with Gasteiger partial charge in [0.25, 0.3) is 0 Å². The van der Waals surface area contributed by atoms with Gasteiger partial charge in [-0.3, -0.25) is 4.90 Å². The molecule has 1 saturated heterocycles. The molecule has 2 aliphatic rings. The second-order valence-corrected chi connectivity index (χ2v) is 5.26. The number of rotatable bonds is 2. The summed E-state index contributed by atoms with van der Waals surface area (Å²) in [6, 6.07) is -1.19. The van der Waals surface area contributed by atoms with Crippen LogP contribution in [0.2, 0.25) is 0 Å². The first-order valence-electron chi connectivity index (χ1n) is 6.41. The number of piperazine rings is 1. The first-order chi connectivity index (χ1) is 9.27. The standard InChI is InChI=1S/C13H17F3N2O2/c1-12(13(14,15)16)4-2-3-9(11(19)20)10(12)18-7-5-17-6-8-18/h2-4,10,17H,5-8H2,1H3,(H,19,20). The first-order valence-corrected chi connectivity index (χ1v) is 6.41. The molecule has 2 rings (SSSR count). The lowest BCUT2D eigenvalue weighted by Gasteiger charge is -2.46. The minimum atomic E-state index is -4.51. The van der Waals surface area contributed by atoms with E-state index in [2.05, 4.69) is 5.32 Å². The molecule has 1 aliphatic carbocycles. The van der Waals surface area contributed by atoms with Gasteiger partial charge < -0.3 is 10.4 Å². The smallest absolute Gasteiger partial charge is 0.399 e. The molecule has 0 aromatic carbocycles. The molecule has 2 unspecified atom stereocenters. The van der Waals surface area contributed by atoms with E-state index in [-0.39, 0.29) is 5.57 Å². The molecule has 20 heavy (non-hydrogen) atoms. The van der Waals surface area contributed by atoms with Crippen molar-refractivity contribution in [1.82, 2.24) is 10.2 Å². The van der Waals surface area contributed by atoms with E-state index in [9.17, 15) is 23.1 Å². The normalized spacial score (nSPS) is 32.0. The van der Waals surface area contributed by atoms with Gasteiger partial charge in [0.05, 0.1) is 11.6 Å². The summed E-state index contributed by atoms with van der Waals surface area (Å²) < 4.78 is 40.4. The average molecular weight is 290 g/mol. The Kier molecular flexibility index (Phi) is 3.93. The highest BCUT2D eigenvalue weighted by Crippen LogP contribution is 2.48. The zero-order valence-electron chi connectivity index (χ0n) is 11.1. The van der Waals surface area contributed by atoms with E-state index < -0.39 is 23.6 Å². The number of allylic oxidation sites excluding steroid dienone is 2. The minimum absolute atomic E-state index is 0.200. The van der Waals surface area contributed by atoms with Gasteiger partial charge in [-0.25, -0.2) is 4.79 Å². The van der Waals surface area contributed by atoms with Crippen molar-refractivity contribution in [2.75, 3.05) is 26.2 Å². The topological polar surface area (TPSA) is 52.6 Å². The van der Waals surface area contributed by atoms with E-state index in [1.807, 2.05) is 0 Å². The number of aliphatic carboxylic acids is 1. The van der Waals surface area contributed by atoms with Crippen molar-refractivity contribution < 1.29 is 23.1 Å². The molecule has 0 amide bonds. The molecule has 0 saturated carbocycles. The Labute approximate surface area is 114 Å². The summed E-state index contributed by atoms with van der Waals surface area (Å²) in [7, 11) is 0. The van der Waals surface area contributed by atoms with Crippen molar-refractivity contribution in [1.29, 1.82) is 0 Å². The third kappa shape index (κ3) is 2.47. The lowest BCUT2D eigenvalue weighted by atomic mass is 9.73. The molecular formula is C13H17F3N2O2. The molecule has 0 radical (unpaired) electrons. The van der Waals surface area contributed by atoms with Crippen LogP contribution in [0.5, 0.6) is 0 Å². The summed E-state index contributed by atoms with van der Waals surface area (Å²) in [6.45, 7) is 2.97. The van der Waals surface area contributed by atoms with Crippen molar-refractivity contribution in [3.63, 3.8) is 0 Å². The van der Waals surface area contributed by atoms with Gasteiger partial charge in [0.2, 0.25) is 0 Å². The molecule has 2 N–H and O–H groups in total. The number of hydrogen-bond donors (Lipinski definition) is 2. The molecular weight excluding hydrogens is 273 g/mol. The zero-order valence-corrected chi connectivity index (χ0v) is 11.1. The van der Waals surface area contributed by atoms with Gasteiger partial charge in [-0.15, -0.1) is 0 Å². The maximum absolute atomic E-state index is 13.5. The number of carboxylic acid groups (broad SMARTS) is 1. The fourth-order valence-electron chi connectivity index (χ4n) is 2.81. The maximum atomic E-state index is 13.5. The maximum Gasteiger partial charge on any atom is 0.399 e. The van der Waals surface area contributed by atoms with Crippen LogP contribution in [0.4, 0.5) is 13.2 Å². The number of carboxylic acids is 1. The highest BCUT2D eigenvalue weighted by molar-refractivity contribution is 5.89. The highest BCUT2D eigenvalue weighted by atomic mass is 19.4. The van der Waals surface area contributed by atoms with Gasteiger partial charge in [-0.1, -0.05) is 18.2 Å². The summed E-state index contributed by atoms with van der Waals surface area (Å²) in [4.78, 5) is 12.9. The molecule has 0 bridgehead atoms. The Morgan fingerprint density at radius 2 is 2.05 bits per heavy atom. The molecule has 2 atom stereocenters. The van der Waals surface area contributed by atoms with E-state index >= 15 is 0 Å². The third-order valence-corrected chi connectivity index (χ3v) is 3.96. The molecule has 1 aliphatic heterocycles. The molecule has 0 spiro atoms. The van der Waals surface area contributed by atoms with Crippen LogP contribution in [-0.4, -0.2) is 54.4 Å². The Balaban J connectivity index is 2.43. The van der Waals surface area contributed by atoms with Crippen LogP contribution in [0.1, 0.15) is 6.92 Å².